The Kier molecular flexibility index (Phi) is 1.46. The zero-order valence-electron chi connectivity index (χ0n) is 8.94. The van der Waals surface area contributed by atoms with Crippen molar-refractivity contribution in [3.63, 3.8) is 0 Å². The largest absolute Gasteiger partial charge is 0.458 e. The lowest BCUT2D eigenvalue weighted by molar-refractivity contribution is -0.151. The van der Waals surface area contributed by atoms with Crippen molar-refractivity contribution in [1.29, 1.82) is 0 Å². The molecule has 2 fully saturated rings. The fraction of sp³-hybridized carbons (Fsp3) is 0.909. The van der Waals surface area contributed by atoms with Gasteiger partial charge in [-0.05, 0) is 33.1 Å². The van der Waals surface area contributed by atoms with Gasteiger partial charge in [0.25, 0.3) is 0 Å². The van der Waals surface area contributed by atoms with Gasteiger partial charge in [0.15, 0.2) is 0 Å². The first-order chi connectivity index (χ1) is 5.83. The molecule has 2 bridgehead atoms. The predicted octanol–water partition coefficient (Wildman–Crippen LogP) is 2.52. The maximum atomic E-state index is 11.8. The van der Waals surface area contributed by atoms with E-state index in [4.69, 9.17) is 4.74 Å². The zero-order chi connectivity index (χ0) is 9.91. The van der Waals surface area contributed by atoms with Crippen molar-refractivity contribution in [3.05, 3.63) is 0 Å². The van der Waals surface area contributed by atoms with Gasteiger partial charge in [0.1, 0.15) is 5.60 Å². The molecule has 2 rings (SSSR count). The summed E-state index contributed by atoms with van der Waals surface area (Å²) in [6, 6.07) is 0. The molecule has 0 N–H and O–H groups in total. The molecule has 0 aromatic carbocycles. The van der Waals surface area contributed by atoms with Crippen LogP contribution in [0.15, 0.2) is 0 Å². The van der Waals surface area contributed by atoms with E-state index >= 15 is 0 Å². The van der Waals surface area contributed by atoms with Crippen molar-refractivity contribution in [2.24, 2.45) is 10.8 Å². The second-order valence-electron chi connectivity index (χ2n) is 5.43. The maximum Gasteiger partial charge on any atom is 0.313 e. The van der Waals surface area contributed by atoms with Crippen LogP contribution in [0.5, 0.6) is 0 Å². The highest BCUT2D eigenvalue weighted by molar-refractivity contribution is 5.81. The lowest BCUT2D eigenvalue weighted by Gasteiger charge is -2.46. The molecular weight excluding hydrogens is 164 g/mol. The smallest absolute Gasteiger partial charge is 0.313 e. The van der Waals surface area contributed by atoms with Crippen molar-refractivity contribution >= 4 is 5.97 Å². The Hall–Kier alpha value is -0.530. The van der Waals surface area contributed by atoms with Gasteiger partial charge in [-0.25, -0.2) is 0 Å². The van der Waals surface area contributed by atoms with Gasteiger partial charge >= 0.3 is 5.97 Å². The molecule has 1 saturated heterocycles. The number of hydrogen-bond donors (Lipinski definition) is 0. The summed E-state index contributed by atoms with van der Waals surface area (Å²) in [5.74, 6) is 0.0116. The van der Waals surface area contributed by atoms with E-state index < -0.39 is 0 Å². The SMILES string of the molecule is CC12CCCC(C)(C(=O)O1)C2(C)C. The van der Waals surface area contributed by atoms with E-state index in [1.807, 2.05) is 0 Å². The molecule has 13 heavy (non-hydrogen) atoms. The lowest BCUT2D eigenvalue weighted by Crippen LogP contribution is -2.49. The maximum absolute atomic E-state index is 11.8. The van der Waals surface area contributed by atoms with Gasteiger partial charge in [0, 0.05) is 5.41 Å². The average molecular weight is 182 g/mol. The van der Waals surface area contributed by atoms with Crippen molar-refractivity contribution in [1.82, 2.24) is 0 Å². The zero-order valence-corrected chi connectivity index (χ0v) is 8.94. The highest BCUT2D eigenvalue weighted by Crippen LogP contribution is 2.62. The molecule has 0 aromatic rings. The monoisotopic (exact) mass is 182 g/mol. The minimum atomic E-state index is -0.250. The summed E-state index contributed by atoms with van der Waals surface area (Å²) in [6.45, 7) is 8.46. The Morgan fingerprint density at radius 1 is 1.15 bits per heavy atom. The van der Waals surface area contributed by atoms with E-state index in [1.54, 1.807) is 0 Å². The predicted molar refractivity (Wildman–Crippen MR) is 50.2 cm³/mol. The minimum Gasteiger partial charge on any atom is -0.458 e. The number of rotatable bonds is 0. The topological polar surface area (TPSA) is 26.3 Å². The van der Waals surface area contributed by atoms with Crippen LogP contribution in [0.4, 0.5) is 0 Å². The Bertz CT molecular complexity index is 269. The van der Waals surface area contributed by atoms with Gasteiger partial charge in [0.2, 0.25) is 0 Å². The van der Waals surface area contributed by atoms with E-state index in [-0.39, 0.29) is 22.4 Å². The summed E-state index contributed by atoms with van der Waals surface area (Å²) in [5.41, 5.74) is -0.494. The number of hydrogen-bond acceptors (Lipinski definition) is 2. The normalized spacial score (nSPS) is 47.5. The molecule has 0 amide bonds. The number of carbonyl (C=O) groups excluding carboxylic acids is 1. The number of carbonyl (C=O) groups is 1. The van der Waals surface area contributed by atoms with Gasteiger partial charge in [-0.15, -0.1) is 0 Å². The van der Waals surface area contributed by atoms with Gasteiger partial charge in [0.05, 0.1) is 5.41 Å². The van der Waals surface area contributed by atoms with E-state index in [2.05, 4.69) is 27.7 Å². The van der Waals surface area contributed by atoms with Crippen molar-refractivity contribution in [2.45, 2.75) is 52.6 Å². The molecule has 1 heterocycles. The molecule has 1 saturated carbocycles. The van der Waals surface area contributed by atoms with Gasteiger partial charge in [-0.2, -0.15) is 0 Å². The standard InChI is InChI=1S/C11H18O2/c1-9(2)10(3)6-5-7-11(9,4)13-8(10)12/h5-7H2,1-4H3. The van der Waals surface area contributed by atoms with Gasteiger partial charge < -0.3 is 4.74 Å². The number of ether oxygens (including phenoxy) is 1. The van der Waals surface area contributed by atoms with E-state index in [0.29, 0.717) is 0 Å². The first-order valence-electron chi connectivity index (χ1n) is 5.07. The summed E-state index contributed by atoms with van der Waals surface area (Å²) in [4.78, 5) is 11.8. The van der Waals surface area contributed by atoms with Crippen LogP contribution >= 0.6 is 0 Å². The van der Waals surface area contributed by atoms with Crippen LogP contribution < -0.4 is 0 Å². The van der Waals surface area contributed by atoms with Crippen LogP contribution in [0.2, 0.25) is 0 Å². The van der Waals surface area contributed by atoms with Crippen molar-refractivity contribution < 1.29 is 9.53 Å². The molecule has 2 atom stereocenters. The van der Waals surface area contributed by atoms with Crippen LogP contribution in [0.25, 0.3) is 0 Å². The lowest BCUT2D eigenvalue weighted by atomic mass is 9.54. The van der Waals surface area contributed by atoms with E-state index in [0.717, 1.165) is 19.3 Å². The average Bonchev–Trinajstić information content (AvgIpc) is 2.14. The summed E-state index contributed by atoms with van der Waals surface area (Å²) >= 11 is 0. The molecule has 2 aliphatic rings. The summed E-state index contributed by atoms with van der Waals surface area (Å²) < 4.78 is 5.55. The quantitative estimate of drug-likeness (QED) is 0.538. The number of esters is 1. The minimum absolute atomic E-state index is 0.0116. The molecule has 2 heteroatoms. The van der Waals surface area contributed by atoms with Crippen LogP contribution in [0, 0.1) is 10.8 Å². The third-order valence-electron chi connectivity index (χ3n) is 4.80. The molecule has 0 spiro atoms. The molecule has 1 aliphatic carbocycles. The first-order valence-corrected chi connectivity index (χ1v) is 5.07. The van der Waals surface area contributed by atoms with Gasteiger partial charge in [-0.3, -0.25) is 4.79 Å². The van der Waals surface area contributed by atoms with Crippen molar-refractivity contribution in [2.75, 3.05) is 0 Å². The number of fused-ring (bicyclic) bond motifs is 2. The first kappa shape index (κ1) is 9.04. The Labute approximate surface area is 79.7 Å². The van der Waals surface area contributed by atoms with E-state index in [9.17, 15) is 4.79 Å². The Morgan fingerprint density at radius 3 is 2.23 bits per heavy atom. The third-order valence-corrected chi connectivity index (χ3v) is 4.80. The molecule has 1 aliphatic heterocycles. The molecular formula is C11H18O2. The van der Waals surface area contributed by atoms with Crippen molar-refractivity contribution in [3.8, 4) is 0 Å². The van der Waals surface area contributed by atoms with E-state index in [1.165, 1.54) is 0 Å². The third kappa shape index (κ3) is 0.773. The summed E-state index contributed by atoms with van der Waals surface area (Å²) in [7, 11) is 0. The molecule has 74 valence electrons. The summed E-state index contributed by atoms with van der Waals surface area (Å²) in [5, 5.41) is 0. The Morgan fingerprint density at radius 2 is 1.77 bits per heavy atom. The molecule has 0 radical (unpaired) electrons. The highest BCUT2D eigenvalue weighted by Gasteiger charge is 2.67. The fourth-order valence-electron chi connectivity index (χ4n) is 2.84. The second kappa shape index (κ2) is 2.10. The van der Waals surface area contributed by atoms with Crippen LogP contribution in [0.1, 0.15) is 47.0 Å². The van der Waals surface area contributed by atoms with Gasteiger partial charge in [-0.1, -0.05) is 13.8 Å². The molecule has 2 nitrogen and oxygen atoms in total. The Balaban J connectivity index is 2.54. The van der Waals surface area contributed by atoms with Crippen LogP contribution in [-0.4, -0.2) is 11.6 Å². The van der Waals surface area contributed by atoms with Crippen LogP contribution in [0.3, 0.4) is 0 Å². The fourth-order valence-corrected chi connectivity index (χ4v) is 2.84. The summed E-state index contributed by atoms with van der Waals surface area (Å²) in [6.07, 6.45) is 3.11. The highest BCUT2D eigenvalue weighted by atomic mass is 16.6. The molecule has 2 unspecified atom stereocenters. The molecule has 0 aromatic heterocycles. The van der Waals surface area contributed by atoms with Crippen LogP contribution in [-0.2, 0) is 9.53 Å². The second-order valence-corrected chi connectivity index (χ2v) is 5.43.